The van der Waals surface area contributed by atoms with Gasteiger partial charge in [0.05, 0.1) is 7.11 Å². The summed E-state index contributed by atoms with van der Waals surface area (Å²) >= 11 is 0. The maximum atomic E-state index is 12.8. The number of nitrogens with zero attached hydrogens (tertiary/aromatic N) is 1. The average Bonchev–Trinajstić information content (AvgIpc) is 3.10. The van der Waals surface area contributed by atoms with Crippen molar-refractivity contribution in [2.24, 2.45) is 0 Å². The van der Waals surface area contributed by atoms with E-state index in [0.29, 0.717) is 16.5 Å². The summed E-state index contributed by atoms with van der Waals surface area (Å²) in [5.41, 5.74) is 2.22. The summed E-state index contributed by atoms with van der Waals surface area (Å²) in [6, 6.07) is 17.5. The van der Waals surface area contributed by atoms with Crippen LogP contribution in [0.5, 0.6) is 5.75 Å². The van der Waals surface area contributed by atoms with Gasteiger partial charge in [-0.2, -0.15) is 0 Å². The Hall–Kier alpha value is -4.13. The van der Waals surface area contributed by atoms with Crippen molar-refractivity contribution in [2.75, 3.05) is 13.7 Å². The van der Waals surface area contributed by atoms with Crippen molar-refractivity contribution in [3.63, 3.8) is 0 Å². The fourth-order valence-electron chi connectivity index (χ4n) is 3.66. The summed E-state index contributed by atoms with van der Waals surface area (Å²) in [6.45, 7) is 3.22. The molecule has 0 spiro atoms. The van der Waals surface area contributed by atoms with E-state index in [-0.39, 0.29) is 11.3 Å². The van der Waals surface area contributed by atoms with Crippen LogP contribution in [0.1, 0.15) is 32.1 Å². The number of hydrogen-bond donors (Lipinski definition) is 0. The second-order valence-electron chi connectivity index (χ2n) is 7.30. The number of aryl methyl sites for hydroxylation is 1. The lowest BCUT2D eigenvalue weighted by atomic mass is 10.1. The van der Waals surface area contributed by atoms with Crippen LogP contribution in [-0.2, 0) is 4.74 Å². The SMILES string of the molecule is COc1ccc(-n2c(C)cc(C(=O)COC(=O)c3cc4ccccc4oc3=O)c2C)cc1. The van der Waals surface area contributed by atoms with Gasteiger partial charge in [0.2, 0.25) is 5.78 Å². The number of fused-ring (bicyclic) bond motifs is 1. The average molecular weight is 431 g/mol. The van der Waals surface area contributed by atoms with Gasteiger partial charge in [-0.15, -0.1) is 0 Å². The molecule has 7 nitrogen and oxygen atoms in total. The smallest absolute Gasteiger partial charge is 0.351 e. The van der Waals surface area contributed by atoms with Gasteiger partial charge in [0.15, 0.2) is 6.61 Å². The van der Waals surface area contributed by atoms with Gasteiger partial charge >= 0.3 is 11.6 Å². The highest BCUT2D eigenvalue weighted by Crippen LogP contribution is 2.23. The molecular formula is C25H21NO6. The molecule has 0 amide bonds. The fraction of sp³-hybridized carbons (Fsp3) is 0.160. The predicted molar refractivity (Wildman–Crippen MR) is 119 cm³/mol. The molecule has 0 bridgehead atoms. The first-order chi connectivity index (χ1) is 15.4. The minimum absolute atomic E-state index is 0.250. The molecule has 0 saturated carbocycles. The zero-order chi connectivity index (χ0) is 22.8. The predicted octanol–water partition coefficient (Wildman–Crippen LogP) is 4.25. The molecule has 0 saturated heterocycles. The summed E-state index contributed by atoms with van der Waals surface area (Å²) in [5, 5.41) is 0.591. The van der Waals surface area contributed by atoms with E-state index in [1.54, 1.807) is 37.4 Å². The van der Waals surface area contributed by atoms with E-state index >= 15 is 0 Å². The summed E-state index contributed by atoms with van der Waals surface area (Å²) in [5.74, 6) is -0.532. The Morgan fingerprint density at radius 1 is 0.969 bits per heavy atom. The quantitative estimate of drug-likeness (QED) is 0.258. The molecule has 0 unspecified atom stereocenters. The maximum absolute atomic E-state index is 12.8. The number of methoxy groups -OCH3 is 1. The zero-order valence-electron chi connectivity index (χ0n) is 17.9. The van der Waals surface area contributed by atoms with Crippen molar-refractivity contribution < 1.29 is 23.5 Å². The number of carbonyl (C=O) groups excluding carboxylic acids is 2. The molecule has 0 atom stereocenters. The molecule has 4 aromatic rings. The Labute approximate surface area is 183 Å². The number of ether oxygens (including phenoxy) is 2. The van der Waals surface area contributed by atoms with Gasteiger partial charge in [-0.1, -0.05) is 18.2 Å². The van der Waals surface area contributed by atoms with Crippen LogP contribution in [-0.4, -0.2) is 30.0 Å². The number of aromatic nitrogens is 1. The number of ketones is 1. The van der Waals surface area contributed by atoms with Gasteiger partial charge in [0.25, 0.3) is 0 Å². The Kier molecular flexibility index (Phi) is 5.64. The topological polar surface area (TPSA) is 87.7 Å². The van der Waals surface area contributed by atoms with Crippen LogP contribution < -0.4 is 10.4 Å². The summed E-state index contributed by atoms with van der Waals surface area (Å²) in [4.78, 5) is 37.3. The molecular weight excluding hydrogens is 410 g/mol. The first-order valence-electron chi connectivity index (χ1n) is 9.95. The third-order valence-electron chi connectivity index (χ3n) is 5.26. The second kappa shape index (κ2) is 8.55. The molecule has 2 aromatic carbocycles. The van der Waals surface area contributed by atoms with Crippen molar-refractivity contribution in [1.29, 1.82) is 0 Å². The number of carbonyl (C=O) groups is 2. The van der Waals surface area contributed by atoms with Gasteiger partial charge < -0.3 is 18.5 Å². The van der Waals surface area contributed by atoms with Crippen molar-refractivity contribution in [3.8, 4) is 11.4 Å². The van der Waals surface area contributed by atoms with Gasteiger partial charge in [0.1, 0.15) is 16.9 Å². The molecule has 162 valence electrons. The van der Waals surface area contributed by atoms with E-state index in [4.69, 9.17) is 13.9 Å². The van der Waals surface area contributed by atoms with E-state index in [2.05, 4.69) is 0 Å². The molecule has 2 aromatic heterocycles. The lowest BCUT2D eigenvalue weighted by Gasteiger charge is -2.11. The van der Waals surface area contributed by atoms with Crippen molar-refractivity contribution in [3.05, 3.63) is 93.6 Å². The van der Waals surface area contributed by atoms with Crippen LogP contribution in [0.3, 0.4) is 0 Å². The normalized spacial score (nSPS) is 10.8. The molecule has 0 fully saturated rings. The molecule has 0 radical (unpaired) electrons. The lowest BCUT2D eigenvalue weighted by molar-refractivity contribution is 0.0470. The van der Waals surface area contributed by atoms with E-state index in [1.165, 1.54) is 6.07 Å². The van der Waals surface area contributed by atoms with Gasteiger partial charge in [-0.05, 0) is 56.3 Å². The van der Waals surface area contributed by atoms with Crippen LogP contribution >= 0.6 is 0 Å². The number of hydrogen-bond acceptors (Lipinski definition) is 6. The van der Waals surface area contributed by atoms with Crippen LogP contribution in [0.15, 0.2) is 69.9 Å². The van der Waals surface area contributed by atoms with Crippen LogP contribution in [0.4, 0.5) is 0 Å². The van der Waals surface area contributed by atoms with Gasteiger partial charge in [-0.3, -0.25) is 4.79 Å². The standard InChI is InChI=1S/C25H21NO6/c1-15-12-20(16(2)26(15)18-8-10-19(30-3)11-9-18)22(27)14-31-24(28)21-13-17-6-4-5-7-23(17)32-25(21)29/h4-13H,14H2,1-3H3. The molecule has 32 heavy (non-hydrogen) atoms. The van der Waals surface area contributed by atoms with E-state index in [0.717, 1.165) is 22.8 Å². The molecule has 0 aliphatic carbocycles. The Balaban J connectivity index is 1.53. The molecule has 4 rings (SSSR count). The first kappa shape index (κ1) is 21.1. The minimum Gasteiger partial charge on any atom is -0.497 e. The third-order valence-corrected chi connectivity index (χ3v) is 5.26. The fourth-order valence-corrected chi connectivity index (χ4v) is 3.66. The zero-order valence-corrected chi connectivity index (χ0v) is 17.9. The largest absolute Gasteiger partial charge is 0.497 e. The number of benzene rings is 2. The van der Waals surface area contributed by atoms with E-state index in [9.17, 15) is 14.4 Å². The maximum Gasteiger partial charge on any atom is 0.351 e. The molecule has 0 aliphatic heterocycles. The summed E-state index contributed by atoms with van der Waals surface area (Å²) < 4.78 is 17.4. The highest BCUT2D eigenvalue weighted by Gasteiger charge is 2.20. The van der Waals surface area contributed by atoms with Crippen LogP contribution in [0.2, 0.25) is 0 Å². The highest BCUT2D eigenvalue weighted by atomic mass is 16.5. The monoisotopic (exact) mass is 431 g/mol. The lowest BCUT2D eigenvalue weighted by Crippen LogP contribution is -2.20. The molecule has 0 N–H and O–H groups in total. The van der Waals surface area contributed by atoms with E-state index < -0.39 is 18.2 Å². The molecule has 2 heterocycles. The highest BCUT2D eigenvalue weighted by molar-refractivity contribution is 6.01. The van der Waals surface area contributed by atoms with Gasteiger partial charge in [-0.25, -0.2) is 9.59 Å². The molecule has 0 aliphatic rings. The Morgan fingerprint density at radius 3 is 2.41 bits per heavy atom. The summed E-state index contributed by atoms with van der Waals surface area (Å²) in [6.07, 6.45) is 0. The second-order valence-corrected chi connectivity index (χ2v) is 7.30. The Morgan fingerprint density at radius 2 is 1.69 bits per heavy atom. The Bertz CT molecular complexity index is 1380. The first-order valence-corrected chi connectivity index (χ1v) is 9.95. The van der Waals surface area contributed by atoms with Crippen molar-refractivity contribution in [1.82, 2.24) is 4.57 Å². The van der Waals surface area contributed by atoms with Crippen molar-refractivity contribution in [2.45, 2.75) is 13.8 Å². The van der Waals surface area contributed by atoms with E-state index in [1.807, 2.05) is 42.7 Å². The third kappa shape index (κ3) is 3.92. The molecule has 7 heteroatoms. The van der Waals surface area contributed by atoms with Crippen LogP contribution in [0.25, 0.3) is 16.7 Å². The minimum atomic E-state index is -0.901. The number of rotatable bonds is 6. The number of esters is 1. The van der Waals surface area contributed by atoms with Crippen LogP contribution in [0, 0.1) is 13.8 Å². The van der Waals surface area contributed by atoms with Gasteiger partial charge in [0, 0.05) is 28.0 Å². The number of Topliss-reactive ketones (excluding diaryl/α,β-unsaturated/α-hetero) is 1. The summed E-state index contributed by atoms with van der Waals surface area (Å²) in [7, 11) is 1.60. The number of para-hydroxylation sites is 1. The van der Waals surface area contributed by atoms with Crippen molar-refractivity contribution >= 4 is 22.7 Å².